The van der Waals surface area contributed by atoms with Crippen molar-refractivity contribution >= 4 is 72.7 Å². The normalized spacial score (nSPS) is 11.0. The molecule has 0 saturated carbocycles. The van der Waals surface area contributed by atoms with Crippen LogP contribution in [0.25, 0.3) is 10.2 Å². The van der Waals surface area contributed by atoms with Gasteiger partial charge in [-0.1, -0.05) is 6.92 Å². The van der Waals surface area contributed by atoms with Crippen LogP contribution in [0, 0.1) is 3.57 Å². The lowest BCUT2D eigenvalue weighted by molar-refractivity contribution is -0.124. The number of aromatic nitrogens is 1. The van der Waals surface area contributed by atoms with Gasteiger partial charge in [0.1, 0.15) is 4.83 Å². The van der Waals surface area contributed by atoms with E-state index in [0.717, 1.165) is 6.42 Å². The molecular formula is C14H17BrINO4S. The Hall–Kier alpha value is -0.610. The number of carbonyl (C=O) groups is 2. The first kappa shape index (κ1) is 19.4. The first-order valence-electron chi connectivity index (χ1n) is 6.45. The molecular weight excluding hydrogens is 485 g/mol. The molecule has 0 unspecified atom stereocenters. The van der Waals surface area contributed by atoms with E-state index >= 15 is 0 Å². The van der Waals surface area contributed by atoms with Gasteiger partial charge in [0.25, 0.3) is 0 Å². The molecule has 22 heavy (non-hydrogen) atoms. The Kier molecular flexibility index (Phi) is 6.87. The van der Waals surface area contributed by atoms with Gasteiger partial charge >= 0.3 is 12.6 Å². The lowest BCUT2D eigenvalue weighted by Gasteiger charge is -2.25. The fourth-order valence-electron chi connectivity index (χ4n) is 2.12. The van der Waals surface area contributed by atoms with Crippen LogP contribution in [-0.4, -0.2) is 22.3 Å². The Labute approximate surface area is 154 Å². The molecule has 2 aromatic rings. The molecule has 0 aliphatic carbocycles. The van der Waals surface area contributed by atoms with Crippen LogP contribution in [0.1, 0.15) is 33.4 Å². The summed E-state index contributed by atoms with van der Waals surface area (Å²) in [6.07, 6.45) is -0.487. The Morgan fingerprint density at radius 1 is 1.55 bits per heavy atom. The molecule has 122 valence electrons. The summed E-state index contributed by atoms with van der Waals surface area (Å²) in [5.41, 5.74) is 1.61. The average Bonchev–Trinajstić information content (AvgIpc) is 2.85. The lowest BCUT2D eigenvalue weighted by Crippen LogP contribution is -2.23. The first-order chi connectivity index (χ1) is 10.1. The number of hydrogen-bond acceptors (Lipinski definition) is 4. The van der Waals surface area contributed by atoms with E-state index in [1.807, 2.05) is 11.3 Å². The average molecular weight is 502 g/mol. The number of hydrogen-bond donors (Lipinski definition) is 1. The van der Waals surface area contributed by atoms with Crippen LogP contribution in [0.15, 0.2) is 9.85 Å². The molecule has 5 nitrogen and oxygen atoms in total. The summed E-state index contributed by atoms with van der Waals surface area (Å²) in [6.45, 7) is 8.90. The van der Waals surface area contributed by atoms with E-state index in [1.54, 1.807) is 0 Å². The zero-order chi connectivity index (χ0) is 17.1. The molecule has 0 bridgehead atoms. The standard InChI is InChI=1S/C12H15BrINS.C2H2O4/c1-5-8-10(14)7-6-9(13)16-11(7)15(8)12(2,3)4;3-1-6-2(4)5/h6H,5H2,1-4H3;1H,(H,4,5). The minimum absolute atomic E-state index is 0.150. The van der Waals surface area contributed by atoms with Crippen molar-refractivity contribution in [3.8, 4) is 0 Å². The Morgan fingerprint density at radius 2 is 2.14 bits per heavy atom. The highest BCUT2D eigenvalue weighted by atomic mass is 127. The van der Waals surface area contributed by atoms with Gasteiger partial charge < -0.3 is 14.4 Å². The van der Waals surface area contributed by atoms with Crippen LogP contribution in [0.5, 0.6) is 0 Å². The summed E-state index contributed by atoms with van der Waals surface area (Å²) >= 11 is 7.90. The maximum Gasteiger partial charge on any atom is 0.513 e. The third kappa shape index (κ3) is 4.45. The van der Waals surface area contributed by atoms with Gasteiger partial charge in [0.15, 0.2) is 0 Å². The number of carbonyl (C=O) groups excluding carboxylic acids is 1. The third-order valence-corrected chi connectivity index (χ3v) is 5.63. The van der Waals surface area contributed by atoms with Crippen molar-refractivity contribution in [2.24, 2.45) is 0 Å². The third-order valence-electron chi connectivity index (χ3n) is 2.80. The van der Waals surface area contributed by atoms with Crippen LogP contribution in [0.3, 0.4) is 0 Å². The van der Waals surface area contributed by atoms with E-state index in [-0.39, 0.29) is 12.0 Å². The molecule has 0 fully saturated rings. The van der Waals surface area contributed by atoms with Crippen molar-refractivity contribution in [3.63, 3.8) is 0 Å². The molecule has 2 rings (SSSR count). The van der Waals surface area contributed by atoms with Crippen LogP contribution < -0.4 is 0 Å². The van der Waals surface area contributed by atoms with E-state index in [9.17, 15) is 0 Å². The SMILES string of the molecule is CCc1c(I)c2cc(Br)sc2n1C(C)(C)C.O=COC(=O)O. The van der Waals surface area contributed by atoms with Gasteiger partial charge in [-0.2, -0.15) is 0 Å². The second-order valence-electron chi connectivity index (χ2n) is 5.37. The highest BCUT2D eigenvalue weighted by molar-refractivity contribution is 14.1. The number of ether oxygens (including phenoxy) is 1. The zero-order valence-corrected chi connectivity index (χ0v) is 17.2. The van der Waals surface area contributed by atoms with E-state index in [1.165, 1.54) is 23.3 Å². The zero-order valence-electron chi connectivity index (χ0n) is 12.6. The van der Waals surface area contributed by atoms with Gasteiger partial charge in [-0.3, -0.25) is 4.79 Å². The lowest BCUT2D eigenvalue weighted by atomic mass is 10.1. The molecule has 0 aromatic carbocycles. The number of halogens is 2. The summed E-state index contributed by atoms with van der Waals surface area (Å²) in [7, 11) is 0. The number of thiophene rings is 1. The van der Waals surface area contributed by atoms with Gasteiger partial charge in [0.05, 0.1) is 3.79 Å². The molecule has 0 atom stereocenters. The maximum absolute atomic E-state index is 9.15. The molecule has 0 amide bonds. The number of fused-ring (bicyclic) bond motifs is 1. The van der Waals surface area contributed by atoms with Gasteiger partial charge in [0.2, 0.25) is 0 Å². The van der Waals surface area contributed by atoms with Crippen LogP contribution in [0.2, 0.25) is 0 Å². The van der Waals surface area contributed by atoms with E-state index in [2.05, 4.69) is 81.6 Å². The van der Waals surface area contributed by atoms with Crippen LogP contribution >= 0.6 is 49.9 Å². The minimum Gasteiger partial charge on any atom is -0.449 e. The summed E-state index contributed by atoms with van der Waals surface area (Å²) in [5.74, 6) is 0. The van der Waals surface area contributed by atoms with Crippen molar-refractivity contribution in [2.75, 3.05) is 0 Å². The number of nitrogens with zero attached hydrogens (tertiary/aromatic N) is 1. The van der Waals surface area contributed by atoms with Crippen molar-refractivity contribution < 1.29 is 19.4 Å². The summed E-state index contributed by atoms with van der Waals surface area (Å²) in [5, 5.41) is 8.85. The molecule has 2 aromatic heterocycles. The Morgan fingerprint density at radius 3 is 2.50 bits per heavy atom. The summed E-state index contributed by atoms with van der Waals surface area (Å²) < 4.78 is 8.39. The second kappa shape index (κ2) is 7.78. The van der Waals surface area contributed by atoms with Crippen molar-refractivity contribution in [1.29, 1.82) is 0 Å². The highest BCUT2D eigenvalue weighted by Gasteiger charge is 2.24. The molecule has 0 aliphatic heterocycles. The molecule has 0 aliphatic rings. The summed E-state index contributed by atoms with van der Waals surface area (Å²) in [6, 6.07) is 2.24. The smallest absolute Gasteiger partial charge is 0.449 e. The molecule has 1 N–H and O–H groups in total. The quantitative estimate of drug-likeness (QED) is 0.265. The van der Waals surface area contributed by atoms with Gasteiger partial charge in [-0.15, -0.1) is 11.3 Å². The van der Waals surface area contributed by atoms with Gasteiger partial charge in [-0.25, -0.2) is 4.79 Å². The Balaban J connectivity index is 0.000000346. The molecule has 0 radical (unpaired) electrons. The fourth-order valence-corrected chi connectivity index (χ4v) is 5.13. The predicted molar refractivity (Wildman–Crippen MR) is 99.8 cm³/mol. The molecule has 8 heteroatoms. The minimum atomic E-state index is -1.58. The largest absolute Gasteiger partial charge is 0.513 e. The summed E-state index contributed by atoms with van der Waals surface area (Å²) in [4.78, 5) is 19.5. The maximum atomic E-state index is 9.15. The second-order valence-corrected chi connectivity index (χ2v) is 8.86. The first-order valence-corrected chi connectivity index (χ1v) is 9.14. The highest BCUT2D eigenvalue weighted by Crippen LogP contribution is 2.39. The topological polar surface area (TPSA) is 68.5 Å². The van der Waals surface area contributed by atoms with Crippen LogP contribution in [0.4, 0.5) is 4.79 Å². The van der Waals surface area contributed by atoms with Crippen LogP contribution in [-0.2, 0) is 21.5 Å². The molecule has 0 saturated heterocycles. The van der Waals surface area contributed by atoms with Crippen molar-refractivity contribution in [2.45, 2.75) is 39.7 Å². The number of rotatable bonds is 2. The number of carboxylic acid groups (broad SMARTS) is 1. The van der Waals surface area contributed by atoms with E-state index in [4.69, 9.17) is 14.7 Å². The fraction of sp³-hybridized carbons (Fsp3) is 0.429. The van der Waals surface area contributed by atoms with Crippen molar-refractivity contribution in [3.05, 3.63) is 19.1 Å². The van der Waals surface area contributed by atoms with Crippen molar-refractivity contribution in [1.82, 2.24) is 4.57 Å². The Bertz CT molecular complexity index is 687. The monoisotopic (exact) mass is 501 g/mol. The predicted octanol–water partition coefficient (Wildman–Crippen LogP) is 5.22. The van der Waals surface area contributed by atoms with Gasteiger partial charge in [0, 0.05) is 20.2 Å². The van der Waals surface area contributed by atoms with E-state index < -0.39 is 6.16 Å². The molecule has 2 heterocycles. The van der Waals surface area contributed by atoms with E-state index in [0.29, 0.717) is 0 Å². The van der Waals surface area contributed by atoms with Gasteiger partial charge in [-0.05, 0) is 71.8 Å². The molecule has 0 spiro atoms.